The first kappa shape index (κ1) is 16.7. The fourth-order valence-electron chi connectivity index (χ4n) is 2.20. The predicted molar refractivity (Wildman–Crippen MR) is 87.5 cm³/mol. The van der Waals surface area contributed by atoms with Gasteiger partial charge in [0.25, 0.3) is 5.91 Å². The van der Waals surface area contributed by atoms with E-state index in [1.54, 1.807) is 37.3 Å². The second kappa shape index (κ2) is 7.09. The number of pyridine rings is 1. The molecular weight excluding hydrogens is 323 g/mol. The Kier molecular flexibility index (Phi) is 5.40. The normalized spacial score (nSPS) is 12.0. The average Bonchev–Trinajstić information content (AvgIpc) is 2.44. The second-order valence-corrected chi connectivity index (χ2v) is 5.76. The number of aromatic nitrogens is 1. The quantitative estimate of drug-likeness (QED) is 0.839. The van der Waals surface area contributed by atoms with E-state index in [0.717, 1.165) is 11.3 Å². The Bertz CT molecular complexity index is 681. The molecule has 1 atom stereocenters. The zero-order chi connectivity index (χ0) is 16.3. The van der Waals surface area contributed by atoms with Crippen LogP contribution in [0.3, 0.4) is 0 Å². The van der Waals surface area contributed by atoms with E-state index in [0.29, 0.717) is 16.1 Å². The number of hydrogen-bond donors (Lipinski definition) is 2. The van der Waals surface area contributed by atoms with Gasteiger partial charge in [-0.1, -0.05) is 41.4 Å². The highest BCUT2D eigenvalue weighted by molar-refractivity contribution is 6.33. The number of carbonyl (C=O) groups excluding carboxylic acids is 1. The van der Waals surface area contributed by atoms with Gasteiger partial charge in [0, 0.05) is 22.8 Å². The minimum atomic E-state index is -0.893. The molecule has 0 fully saturated rings. The van der Waals surface area contributed by atoms with Crippen molar-refractivity contribution in [1.29, 1.82) is 0 Å². The molecule has 1 unspecified atom stereocenters. The van der Waals surface area contributed by atoms with Crippen LogP contribution in [0.25, 0.3) is 0 Å². The van der Waals surface area contributed by atoms with Crippen molar-refractivity contribution in [1.82, 2.24) is 10.3 Å². The maximum atomic E-state index is 12.2. The molecule has 2 rings (SSSR count). The van der Waals surface area contributed by atoms with Crippen LogP contribution in [0.4, 0.5) is 0 Å². The minimum absolute atomic E-state index is 0.0339. The van der Waals surface area contributed by atoms with Gasteiger partial charge in [0.1, 0.15) is 5.15 Å². The lowest BCUT2D eigenvalue weighted by Crippen LogP contribution is -2.29. The number of halogens is 2. The predicted octanol–water partition coefficient (Wildman–Crippen LogP) is 3.47. The molecule has 0 aliphatic heterocycles. The zero-order valence-corrected chi connectivity index (χ0v) is 13.7. The van der Waals surface area contributed by atoms with Gasteiger partial charge in [0.05, 0.1) is 11.7 Å². The van der Waals surface area contributed by atoms with Crippen LogP contribution in [0.15, 0.2) is 30.3 Å². The van der Waals surface area contributed by atoms with E-state index >= 15 is 0 Å². The van der Waals surface area contributed by atoms with E-state index in [9.17, 15) is 9.90 Å². The summed E-state index contributed by atoms with van der Waals surface area (Å²) in [4.78, 5) is 16.3. The summed E-state index contributed by atoms with van der Waals surface area (Å²) in [6.07, 6.45) is -0.893. The lowest BCUT2D eigenvalue weighted by molar-refractivity contribution is 0.0915. The molecule has 2 N–H and O–H groups in total. The number of carbonyl (C=O) groups is 1. The van der Waals surface area contributed by atoms with E-state index < -0.39 is 6.10 Å². The summed E-state index contributed by atoms with van der Waals surface area (Å²) in [6.45, 7) is 3.63. The van der Waals surface area contributed by atoms with Crippen molar-refractivity contribution >= 4 is 29.1 Å². The summed E-state index contributed by atoms with van der Waals surface area (Å²) < 4.78 is 0. The topological polar surface area (TPSA) is 62.2 Å². The number of aliphatic hydroxyl groups excluding tert-OH is 1. The van der Waals surface area contributed by atoms with Crippen molar-refractivity contribution in [3.05, 3.63) is 62.9 Å². The number of rotatable bonds is 4. The molecule has 0 aliphatic rings. The Balaban J connectivity index is 2.09. The maximum absolute atomic E-state index is 12.2. The third kappa shape index (κ3) is 3.77. The van der Waals surface area contributed by atoms with Gasteiger partial charge >= 0.3 is 0 Å². The Hall–Kier alpha value is -1.62. The SMILES string of the molecule is Cc1cc(C)c(C(=O)NCC(O)c2ccccc2Cl)c(Cl)n1. The van der Waals surface area contributed by atoms with Crippen molar-refractivity contribution in [3.63, 3.8) is 0 Å². The van der Waals surface area contributed by atoms with Crippen LogP contribution in [-0.4, -0.2) is 22.5 Å². The molecule has 0 saturated carbocycles. The fraction of sp³-hybridized carbons (Fsp3) is 0.250. The summed E-state index contributed by atoms with van der Waals surface area (Å²) in [5.74, 6) is -0.374. The Labute approximate surface area is 139 Å². The van der Waals surface area contributed by atoms with Crippen LogP contribution in [0.5, 0.6) is 0 Å². The molecule has 1 aromatic carbocycles. The van der Waals surface area contributed by atoms with Crippen molar-refractivity contribution in [2.45, 2.75) is 20.0 Å². The molecule has 4 nitrogen and oxygen atoms in total. The van der Waals surface area contributed by atoms with Gasteiger partial charge in [0.15, 0.2) is 0 Å². The lowest BCUT2D eigenvalue weighted by Gasteiger charge is -2.15. The summed E-state index contributed by atoms with van der Waals surface area (Å²) in [5.41, 5.74) is 2.37. The molecule has 1 amide bonds. The Morgan fingerprint density at radius 3 is 2.64 bits per heavy atom. The standard InChI is InChI=1S/C16H16Cl2N2O2/c1-9-7-10(2)20-15(18)14(9)16(22)19-8-13(21)11-5-3-4-6-12(11)17/h3-7,13,21H,8H2,1-2H3,(H,19,22). The van der Waals surface area contributed by atoms with Crippen LogP contribution in [0.1, 0.15) is 33.3 Å². The van der Waals surface area contributed by atoms with Gasteiger partial charge in [-0.15, -0.1) is 0 Å². The molecule has 0 spiro atoms. The average molecular weight is 339 g/mol. The van der Waals surface area contributed by atoms with Gasteiger partial charge < -0.3 is 10.4 Å². The van der Waals surface area contributed by atoms with Gasteiger partial charge in [-0.3, -0.25) is 4.79 Å². The number of aryl methyl sites for hydroxylation is 2. The Morgan fingerprint density at radius 2 is 2.00 bits per heavy atom. The molecule has 1 heterocycles. The molecule has 1 aromatic heterocycles. The van der Waals surface area contributed by atoms with Crippen LogP contribution >= 0.6 is 23.2 Å². The lowest BCUT2D eigenvalue weighted by atomic mass is 10.1. The van der Waals surface area contributed by atoms with Crippen molar-refractivity contribution in [2.75, 3.05) is 6.54 Å². The van der Waals surface area contributed by atoms with Crippen LogP contribution in [0, 0.1) is 13.8 Å². The van der Waals surface area contributed by atoms with E-state index in [1.807, 2.05) is 6.92 Å². The first-order chi connectivity index (χ1) is 10.4. The largest absolute Gasteiger partial charge is 0.387 e. The molecule has 22 heavy (non-hydrogen) atoms. The van der Waals surface area contributed by atoms with Gasteiger partial charge in [-0.2, -0.15) is 0 Å². The zero-order valence-electron chi connectivity index (χ0n) is 12.2. The van der Waals surface area contributed by atoms with Crippen LogP contribution < -0.4 is 5.32 Å². The van der Waals surface area contributed by atoms with Crippen LogP contribution in [-0.2, 0) is 0 Å². The van der Waals surface area contributed by atoms with Crippen LogP contribution in [0.2, 0.25) is 10.2 Å². The first-order valence-corrected chi connectivity index (χ1v) is 7.50. The first-order valence-electron chi connectivity index (χ1n) is 6.74. The van der Waals surface area contributed by atoms with Gasteiger partial charge in [0.2, 0.25) is 0 Å². The highest BCUT2D eigenvalue weighted by Crippen LogP contribution is 2.22. The molecule has 0 aliphatic carbocycles. The molecule has 0 saturated heterocycles. The molecule has 0 bridgehead atoms. The second-order valence-electron chi connectivity index (χ2n) is 4.99. The summed E-state index contributed by atoms with van der Waals surface area (Å²) in [7, 11) is 0. The van der Waals surface area contributed by atoms with E-state index in [-0.39, 0.29) is 17.6 Å². The monoisotopic (exact) mass is 338 g/mol. The fourth-order valence-corrected chi connectivity index (χ4v) is 2.83. The smallest absolute Gasteiger partial charge is 0.254 e. The molecule has 6 heteroatoms. The number of nitrogens with zero attached hydrogens (tertiary/aromatic N) is 1. The third-order valence-electron chi connectivity index (χ3n) is 3.25. The van der Waals surface area contributed by atoms with E-state index in [2.05, 4.69) is 10.3 Å². The van der Waals surface area contributed by atoms with E-state index in [1.165, 1.54) is 0 Å². The highest BCUT2D eigenvalue weighted by Gasteiger charge is 2.17. The number of nitrogens with one attached hydrogen (secondary N) is 1. The number of aliphatic hydroxyl groups is 1. The van der Waals surface area contributed by atoms with E-state index in [4.69, 9.17) is 23.2 Å². The molecule has 116 valence electrons. The Morgan fingerprint density at radius 1 is 1.32 bits per heavy atom. The third-order valence-corrected chi connectivity index (χ3v) is 3.87. The van der Waals surface area contributed by atoms with Crippen molar-refractivity contribution in [2.24, 2.45) is 0 Å². The van der Waals surface area contributed by atoms with Crippen molar-refractivity contribution < 1.29 is 9.90 Å². The molecular formula is C16H16Cl2N2O2. The maximum Gasteiger partial charge on any atom is 0.254 e. The molecule has 2 aromatic rings. The molecule has 0 radical (unpaired) electrons. The van der Waals surface area contributed by atoms with Gasteiger partial charge in [-0.25, -0.2) is 4.98 Å². The number of amides is 1. The summed E-state index contributed by atoms with van der Waals surface area (Å²) in [6, 6.07) is 8.73. The summed E-state index contributed by atoms with van der Waals surface area (Å²) >= 11 is 12.0. The van der Waals surface area contributed by atoms with Gasteiger partial charge in [-0.05, 0) is 31.5 Å². The highest BCUT2D eigenvalue weighted by atomic mass is 35.5. The number of benzene rings is 1. The minimum Gasteiger partial charge on any atom is -0.387 e. The summed E-state index contributed by atoms with van der Waals surface area (Å²) in [5, 5.41) is 13.4. The van der Waals surface area contributed by atoms with Crippen molar-refractivity contribution in [3.8, 4) is 0 Å². The number of hydrogen-bond acceptors (Lipinski definition) is 3.